The number of carbonyl (C=O) groups is 5. The molecule has 0 aromatic heterocycles. The van der Waals surface area contributed by atoms with Gasteiger partial charge in [-0.1, -0.05) is 158 Å². The van der Waals surface area contributed by atoms with Crippen molar-refractivity contribution >= 4 is 87.3 Å². The van der Waals surface area contributed by atoms with Crippen molar-refractivity contribution < 1.29 is 33.8 Å². The molecular formula is C49H64Cl3N7O7. The first-order valence-electron chi connectivity index (χ1n) is 23.1. The maximum atomic E-state index is 13.8. The van der Waals surface area contributed by atoms with Crippen molar-refractivity contribution in [2.45, 2.75) is 142 Å². The first-order chi connectivity index (χ1) is 31.7. The Kier molecular flexibility index (Phi) is 22.9. The van der Waals surface area contributed by atoms with Gasteiger partial charge in [-0.3, -0.25) is 19.2 Å². The van der Waals surface area contributed by atoms with E-state index in [4.69, 9.17) is 39.5 Å². The highest BCUT2D eigenvalue weighted by atomic mass is 35.5. The molecule has 3 aromatic carbocycles. The van der Waals surface area contributed by atoms with Crippen LogP contribution >= 0.6 is 34.8 Å². The van der Waals surface area contributed by atoms with Crippen molar-refractivity contribution in [1.82, 2.24) is 10.2 Å². The lowest BCUT2D eigenvalue weighted by atomic mass is 10.0. The van der Waals surface area contributed by atoms with Gasteiger partial charge in [0.1, 0.15) is 17.5 Å². The summed E-state index contributed by atoms with van der Waals surface area (Å²) < 4.78 is 5.19. The number of ether oxygens (including phenoxy) is 1. The van der Waals surface area contributed by atoms with Crippen molar-refractivity contribution in [3.8, 4) is 5.75 Å². The fourth-order valence-corrected chi connectivity index (χ4v) is 8.52. The van der Waals surface area contributed by atoms with Crippen LogP contribution < -0.4 is 20.4 Å². The molecule has 0 radical (unpaired) electrons. The molecule has 0 bridgehead atoms. The Bertz CT molecular complexity index is 2130. The highest BCUT2D eigenvalue weighted by Crippen LogP contribution is 2.39. The number of hydrogen-bond donors (Lipinski definition) is 3. The van der Waals surface area contributed by atoms with Crippen LogP contribution in [0.1, 0.15) is 140 Å². The summed E-state index contributed by atoms with van der Waals surface area (Å²) >= 11 is 19.0. The number of hydrazone groups is 1. The van der Waals surface area contributed by atoms with Gasteiger partial charge >= 0.3 is 5.97 Å². The molecule has 17 heteroatoms. The number of methoxy groups -OCH3 is 1. The second kappa shape index (κ2) is 28.2. The number of amidine groups is 1. The monoisotopic (exact) mass is 967 g/mol. The highest BCUT2D eigenvalue weighted by Gasteiger charge is 2.40. The fraction of sp³-hybridized carbons (Fsp3) is 0.510. The largest absolute Gasteiger partial charge is 0.497 e. The maximum Gasteiger partial charge on any atom is 0.326 e. The Balaban J connectivity index is 1.35. The smallest absolute Gasteiger partial charge is 0.326 e. The summed E-state index contributed by atoms with van der Waals surface area (Å²) in [6.07, 6.45) is 18.6. The normalized spacial score (nSPS) is 14.1. The summed E-state index contributed by atoms with van der Waals surface area (Å²) in [7, 11) is 1.52. The highest BCUT2D eigenvalue weighted by molar-refractivity contribution is 6.43. The molecule has 14 nitrogen and oxygen atoms in total. The van der Waals surface area contributed by atoms with Gasteiger partial charge in [0.15, 0.2) is 5.84 Å². The van der Waals surface area contributed by atoms with E-state index in [1.807, 2.05) is 0 Å². The molecule has 1 unspecified atom stereocenters. The van der Waals surface area contributed by atoms with E-state index in [0.717, 1.165) is 30.7 Å². The van der Waals surface area contributed by atoms with E-state index >= 15 is 0 Å². The van der Waals surface area contributed by atoms with Gasteiger partial charge in [-0.25, -0.2) is 4.79 Å². The van der Waals surface area contributed by atoms with E-state index in [0.29, 0.717) is 17.9 Å². The number of azo groups is 1. The van der Waals surface area contributed by atoms with E-state index in [9.17, 15) is 29.1 Å². The van der Waals surface area contributed by atoms with Gasteiger partial charge in [-0.2, -0.15) is 15.2 Å². The number of unbranched alkanes of at least 4 members (excludes halogenated alkanes) is 15. The summed E-state index contributed by atoms with van der Waals surface area (Å²) in [5.41, 5.74) is 0.660. The molecule has 2 atom stereocenters. The molecule has 1 heterocycles. The molecule has 4 rings (SSSR count). The number of aliphatic carboxylic acids is 1. The average molecular weight is 969 g/mol. The van der Waals surface area contributed by atoms with E-state index in [1.165, 1.54) is 119 Å². The Hall–Kier alpha value is -5.05. The molecule has 358 valence electrons. The first-order valence-corrected chi connectivity index (χ1v) is 24.2. The topological polar surface area (TPSA) is 182 Å². The van der Waals surface area contributed by atoms with Crippen LogP contribution in [-0.4, -0.2) is 71.2 Å². The molecule has 0 saturated carbocycles. The molecule has 66 heavy (non-hydrogen) atoms. The number of nitrogens with zero attached hydrogens (tertiary/aromatic N) is 5. The first kappa shape index (κ1) is 53.6. The molecule has 1 aliphatic heterocycles. The number of anilines is 2. The van der Waals surface area contributed by atoms with Crippen LogP contribution in [0.25, 0.3) is 0 Å². The minimum Gasteiger partial charge on any atom is -0.497 e. The number of carbonyl (C=O) groups excluding carboxylic acids is 4. The zero-order chi connectivity index (χ0) is 48.0. The third-order valence-corrected chi connectivity index (χ3v) is 12.0. The summed E-state index contributed by atoms with van der Waals surface area (Å²) in [4.78, 5) is 68.2. The van der Waals surface area contributed by atoms with Crippen LogP contribution in [0, 0.1) is 5.92 Å². The molecule has 0 spiro atoms. The van der Waals surface area contributed by atoms with Gasteiger partial charge in [0, 0.05) is 28.7 Å². The fourth-order valence-electron chi connectivity index (χ4n) is 7.54. The third-order valence-electron chi connectivity index (χ3n) is 11.2. The lowest BCUT2D eigenvalue weighted by Crippen LogP contribution is -2.48. The number of amides is 4. The van der Waals surface area contributed by atoms with Gasteiger partial charge in [0.25, 0.3) is 11.8 Å². The number of carboxylic acid groups (broad SMARTS) is 1. The Morgan fingerprint density at radius 2 is 1.36 bits per heavy atom. The Labute approximate surface area is 403 Å². The zero-order valence-electron chi connectivity index (χ0n) is 38.5. The van der Waals surface area contributed by atoms with Crippen molar-refractivity contribution in [3.63, 3.8) is 0 Å². The molecule has 3 aromatic rings. The molecule has 4 amide bonds. The summed E-state index contributed by atoms with van der Waals surface area (Å²) in [5, 5.41) is 29.5. The summed E-state index contributed by atoms with van der Waals surface area (Å²) in [6.45, 7) is 5.87. The Morgan fingerprint density at radius 1 is 0.803 bits per heavy atom. The second-order valence-electron chi connectivity index (χ2n) is 16.8. The van der Waals surface area contributed by atoms with E-state index in [1.54, 1.807) is 38.1 Å². The van der Waals surface area contributed by atoms with Crippen molar-refractivity contribution in [1.29, 1.82) is 0 Å². The lowest BCUT2D eigenvalue weighted by Gasteiger charge is -2.30. The molecule has 3 N–H and O–H groups in total. The third kappa shape index (κ3) is 17.0. The maximum absolute atomic E-state index is 13.8. The molecule has 0 fully saturated rings. The number of halogens is 3. The molecule has 0 saturated heterocycles. The number of hydrogen-bond acceptors (Lipinski definition) is 9. The van der Waals surface area contributed by atoms with Gasteiger partial charge < -0.3 is 25.4 Å². The van der Waals surface area contributed by atoms with E-state index < -0.39 is 48.1 Å². The summed E-state index contributed by atoms with van der Waals surface area (Å²) in [6, 6.07) is 12.4. The van der Waals surface area contributed by atoms with Crippen LogP contribution in [0.15, 0.2) is 76.0 Å². The van der Waals surface area contributed by atoms with Gasteiger partial charge in [0.05, 0.1) is 29.3 Å². The average Bonchev–Trinajstić information content (AvgIpc) is 3.58. The van der Waals surface area contributed by atoms with Crippen LogP contribution in [0.3, 0.4) is 0 Å². The van der Waals surface area contributed by atoms with E-state index in [2.05, 4.69) is 32.9 Å². The van der Waals surface area contributed by atoms with Crippen LogP contribution in [0.5, 0.6) is 5.75 Å². The van der Waals surface area contributed by atoms with Gasteiger partial charge in [-0.05, 0) is 61.0 Å². The zero-order valence-corrected chi connectivity index (χ0v) is 40.8. The molecule has 0 aliphatic carbocycles. The number of nitrogens with one attached hydrogen (secondary N) is 2. The quantitative estimate of drug-likeness (QED) is 0.0478. The predicted octanol–water partition coefficient (Wildman–Crippen LogP) is 12.4. The van der Waals surface area contributed by atoms with Gasteiger partial charge in [0.2, 0.25) is 17.9 Å². The lowest BCUT2D eigenvalue weighted by molar-refractivity contribution is -0.153. The predicted molar refractivity (Wildman–Crippen MR) is 262 cm³/mol. The standard InChI is InChI=1S/C49H64Cl3N7O7/c1-5-6-7-8-9-10-11-12-13-14-15-16-17-18-19-20-28-58(47(62)33(2)3)41(49(64)65)32-42(60)53-37-23-21-22-34(29-37)46(61)54-45-43(56-55-36-24-26-38(66-4)27-25-36)48(63)59(57-45)44-39(51)30-35(50)31-40(44)52/h21-27,29-31,33,41,43H,5-20,28,32H2,1-4H3,(H,53,60)(H,64,65)(H,54,57,61)/t41-,43?/m0/s1. The minimum atomic E-state index is -1.43. The van der Waals surface area contributed by atoms with Crippen LogP contribution in [0.2, 0.25) is 15.1 Å². The molecule has 1 aliphatic rings. The molecular weight excluding hydrogens is 905 g/mol. The van der Waals surface area contributed by atoms with Crippen LogP contribution in [0.4, 0.5) is 17.1 Å². The number of carboxylic acids is 1. The second-order valence-corrected chi connectivity index (χ2v) is 18.1. The van der Waals surface area contributed by atoms with Crippen LogP contribution in [-0.2, 0) is 19.2 Å². The van der Waals surface area contributed by atoms with Gasteiger partial charge in [-0.15, -0.1) is 5.10 Å². The number of rotatable bonds is 28. The van der Waals surface area contributed by atoms with E-state index in [-0.39, 0.29) is 50.3 Å². The SMILES string of the molecule is CCCCCCCCCCCCCCCCCCN(C(=O)C(C)C)[C@@H](CC(=O)Nc1cccc(C(=O)NC2=NN(c3c(Cl)cc(Cl)cc3Cl)C(=O)C2N=Nc2ccc(OC)cc2)c1)C(=O)O. The van der Waals surface area contributed by atoms with Crippen molar-refractivity contribution in [3.05, 3.63) is 81.3 Å². The summed E-state index contributed by atoms with van der Waals surface area (Å²) in [5.74, 6) is -3.80. The minimum absolute atomic E-state index is 0.0182. The number of benzene rings is 3. The Morgan fingerprint density at radius 3 is 1.89 bits per heavy atom. The van der Waals surface area contributed by atoms with Crippen molar-refractivity contribution in [2.24, 2.45) is 21.2 Å². The van der Waals surface area contributed by atoms with Crippen molar-refractivity contribution in [2.75, 3.05) is 24.0 Å².